The Kier molecular flexibility index (Phi) is 7.22. The summed E-state index contributed by atoms with van der Waals surface area (Å²) in [4.78, 5) is 15.4. The lowest BCUT2D eigenvalue weighted by molar-refractivity contribution is -0.135. The van der Waals surface area contributed by atoms with Crippen molar-refractivity contribution in [3.8, 4) is 0 Å². The van der Waals surface area contributed by atoms with Crippen molar-refractivity contribution in [3.05, 3.63) is 29.3 Å². The zero-order chi connectivity index (χ0) is 18.9. The lowest BCUT2D eigenvalue weighted by Crippen LogP contribution is -2.55. The second-order valence-electron chi connectivity index (χ2n) is 7.67. The molecule has 0 radical (unpaired) electrons. The molecule has 0 aromatic heterocycles. The molecular weight excluding hydrogens is 407 g/mol. The molecule has 1 saturated carbocycles. The van der Waals surface area contributed by atoms with Crippen LogP contribution in [0.15, 0.2) is 29.2 Å². The van der Waals surface area contributed by atoms with Gasteiger partial charge in [0, 0.05) is 24.2 Å². The van der Waals surface area contributed by atoms with Gasteiger partial charge >= 0.3 is 0 Å². The molecule has 1 amide bonds. The topological polar surface area (TPSA) is 80.5 Å². The summed E-state index contributed by atoms with van der Waals surface area (Å²) in [7, 11) is -3.78. The smallest absolute Gasteiger partial charge is 0.244 e. The van der Waals surface area contributed by atoms with Crippen molar-refractivity contribution in [1.29, 1.82) is 0 Å². The summed E-state index contributed by atoms with van der Waals surface area (Å²) in [5.74, 6) is -0.0142. The van der Waals surface area contributed by atoms with Crippen molar-refractivity contribution < 1.29 is 13.2 Å². The minimum atomic E-state index is -3.78. The van der Waals surface area contributed by atoms with Crippen LogP contribution >= 0.6 is 24.0 Å². The van der Waals surface area contributed by atoms with E-state index in [9.17, 15) is 13.2 Å². The van der Waals surface area contributed by atoms with E-state index in [2.05, 4.69) is 0 Å². The Morgan fingerprint density at radius 2 is 1.81 bits per heavy atom. The quantitative estimate of drug-likeness (QED) is 0.786. The fourth-order valence-electron chi connectivity index (χ4n) is 4.29. The van der Waals surface area contributed by atoms with Gasteiger partial charge in [-0.15, -0.1) is 12.4 Å². The summed E-state index contributed by atoms with van der Waals surface area (Å²) in [6.07, 6.45) is 4.13. The second kappa shape index (κ2) is 8.68. The molecule has 8 heteroatoms. The molecule has 3 rings (SSSR count). The highest BCUT2D eigenvalue weighted by Gasteiger charge is 2.54. The number of nitrogens with two attached hydrogens (primary N) is 1. The Morgan fingerprint density at radius 1 is 1.22 bits per heavy atom. The highest BCUT2D eigenvalue weighted by molar-refractivity contribution is 7.93. The normalized spacial score (nSPS) is 23.5. The summed E-state index contributed by atoms with van der Waals surface area (Å²) in [5.41, 5.74) is 6.04. The van der Waals surface area contributed by atoms with Crippen molar-refractivity contribution in [2.75, 3.05) is 13.1 Å². The van der Waals surface area contributed by atoms with E-state index in [-0.39, 0.29) is 35.2 Å². The highest BCUT2D eigenvalue weighted by Crippen LogP contribution is 2.42. The number of piperidine rings is 1. The number of benzene rings is 1. The third-order valence-electron chi connectivity index (χ3n) is 5.93. The minimum Gasteiger partial charge on any atom is -0.341 e. The van der Waals surface area contributed by atoms with E-state index < -0.39 is 14.6 Å². The van der Waals surface area contributed by atoms with Crippen LogP contribution in [-0.4, -0.2) is 43.1 Å². The molecular formula is C19H28Cl2N2O3S. The van der Waals surface area contributed by atoms with Crippen molar-refractivity contribution in [1.82, 2.24) is 4.90 Å². The Hall–Kier alpha value is -0.820. The van der Waals surface area contributed by atoms with Gasteiger partial charge in [0.15, 0.2) is 14.6 Å². The monoisotopic (exact) mass is 434 g/mol. The number of carbonyl (C=O) groups is 1. The summed E-state index contributed by atoms with van der Waals surface area (Å²) >= 11 is 5.90. The fraction of sp³-hybridized carbons (Fsp3) is 0.632. The molecule has 2 N–H and O–H groups in total. The zero-order valence-corrected chi connectivity index (χ0v) is 18.0. The van der Waals surface area contributed by atoms with Gasteiger partial charge in [0.2, 0.25) is 5.91 Å². The van der Waals surface area contributed by atoms with E-state index in [4.69, 9.17) is 17.3 Å². The predicted molar refractivity (Wildman–Crippen MR) is 110 cm³/mol. The Bertz CT molecular complexity index is 760. The molecule has 2 aliphatic rings. The standard InChI is InChI=1S/C19H27ClN2O3S.ClH/c1-14(21)15-5-4-12-22(13-15)18(23)19(10-2-3-11-19)26(24,25)17-8-6-16(20)7-9-17;/h6-9,14-15H,2-5,10-13,21H2,1H3;1H. The van der Waals surface area contributed by atoms with Crippen LogP contribution in [0.4, 0.5) is 0 Å². The molecule has 1 aliphatic heterocycles. The average molecular weight is 435 g/mol. The Labute approximate surface area is 173 Å². The molecule has 152 valence electrons. The van der Waals surface area contributed by atoms with Crippen LogP contribution in [0.25, 0.3) is 0 Å². The van der Waals surface area contributed by atoms with Gasteiger partial charge in [-0.2, -0.15) is 0 Å². The molecule has 0 spiro atoms. The van der Waals surface area contributed by atoms with Crippen LogP contribution in [0.1, 0.15) is 45.4 Å². The van der Waals surface area contributed by atoms with Gasteiger partial charge in [-0.05, 0) is 62.8 Å². The van der Waals surface area contributed by atoms with Gasteiger partial charge in [0.25, 0.3) is 0 Å². The molecule has 2 unspecified atom stereocenters. The van der Waals surface area contributed by atoms with E-state index in [1.165, 1.54) is 12.1 Å². The van der Waals surface area contributed by atoms with Gasteiger partial charge in [-0.1, -0.05) is 24.4 Å². The van der Waals surface area contributed by atoms with Crippen LogP contribution in [0, 0.1) is 5.92 Å². The van der Waals surface area contributed by atoms with Crippen LogP contribution in [0.3, 0.4) is 0 Å². The van der Waals surface area contributed by atoms with Gasteiger partial charge in [0.1, 0.15) is 0 Å². The Balaban J connectivity index is 0.00000261. The number of hydrogen-bond acceptors (Lipinski definition) is 4. The van der Waals surface area contributed by atoms with Gasteiger partial charge in [-0.25, -0.2) is 8.42 Å². The van der Waals surface area contributed by atoms with Crippen LogP contribution < -0.4 is 5.73 Å². The maximum atomic E-state index is 13.5. The minimum absolute atomic E-state index is 0. The number of amides is 1. The number of nitrogens with zero attached hydrogens (tertiary/aromatic N) is 1. The third-order valence-corrected chi connectivity index (χ3v) is 8.68. The number of hydrogen-bond donors (Lipinski definition) is 1. The molecule has 1 aliphatic carbocycles. The molecule has 2 fully saturated rings. The molecule has 1 aromatic carbocycles. The first-order chi connectivity index (χ1) is 12.3. The number of rotatable bonds is 4. The van der Waals surface area contributed by atoms with Crippen LogP contribution in [0.2, 0.25) is 5.02 Å². The van der Waals surface area contributed by atoms with Crippen LogP contribution in [0.5, 0.6) is 0 Å². The fourth-order valence-corrected chi connectivity index (χ4v) is 6.55. The van der Waals surface area contributed by atoms with Gasteiger partial charge in [0.05, 0.1) is 4.90 Å². The molecule has 2 atom stereocenters. The summed E-state index contributed by atoms with van der Waals surface area (Å²) < 4.78 is 25.6. The Morgan fingerprint density at radius 3 is 2.37 bits per heavy atom. The van der Waals surface area contributed by atoms with Crippen LogP contribution in [-0.2, 0) is 14.6 Å². The summed E-state index contributed by atoms with van der Waals surface area (Å²) in [5, 5.41) is 0.478. The first-order valence-corrected chi connectivity index (χ1v) is 11.2. The first kappa shape index (κ1) is 22.5. The van der Waals surface area contributed by atoms with E-state index in [1.54, 1.807) is 17.0 Å². The third kappa shape index (κ3) is 4.14. The predicted octanol–water partition coefficient (Wildman–Crippen LogP) is 3.43. The first-order valence-electron chi connectivity index (χ1n) is 9.33. The number of halogens is 2. The molecule has 1 heterocycles. The average Bonchev–Trinajstić information content (AvgIpc) is 3.13. The largest absolute Gasteiger partial charge is 0.341 e. The lowest BCUT2D eigenvalue weighted by Gasteiger charge is -2.39. The van der Waals surface area contributed by atoms with Crippen molar-refractivity contribution in [2.45, 2.75) is 61.1 Å². The van der Waals surface area contributed by atoms with Gasteiger partial charge in [-0.3, -0.25) is 4.79 Å². The SMILES string of the molecule is CC(N)C1CCCN(C(=O)C2(S(=O)(=O)c3ccc(Cl)cc3)CCCC2)C1.Cl. The summed E-state index contributed by atoms with van der Waals surface area (Å²) in [6, 6.07) is 6.14. The van der Waals surface area contributed by atoms with E-state index in [0.29, 0.717) is 31.0 Å². The zero-order valence-electron chi connectivity index (χ0n) is 15.6. The van der Waals surface area contributed by atoms with Crippen molar-refractivity contribution in [3.63, 3.8) is 0 Å². The van der Waals surface area contributed by atoms with Crippen molar-refractivity contribution >= 4 is 39.8 Å². The number of carbonyl (C=O) groups excluding carboxylic acids is 1. The van der Waals surface area contributed by atoms with Gasteiger partial charge < -0.3 is 10.6 Å². The molecule has 1 saturated heterocycles. The molecule has 5 nitrogen and oxygen atoms in total. The molecule has 0 bridgehead atoms. The molecule has 1 aromatic rings. The number of likely N-dealkylation sites (tertiary alicyclic amines) is 1. The number of sulfone groups is 1. The second-order valence-corrected chi connectivity index (χ2v) is 10.4. The van der Waals surface area contributed by atoms with Crippen molar-refractivity contribution in [2.24, 2.45) is 11.7 Å². The van der Waals surface area contributed by atoms with E-state index in [0.717, 1.165) is 25.7 Å². The maximum Gasteiger partial charge on any atom is 0.244 e. The molecule has 27 heavy (non-hydrogen) atoms. The van der Waals surface area contributed by atoms with E-state index >= 15 is 0 Å². The van der Waals surface area contributed by atoms with E-state index in [1.807, 2.05) is 6.92 Å². The highest BCUT2D eigenvalue weighted by atomic mass is 35.5. The summed E-state index contributed by atoms with van der Waals surface area (Å²) in [6.45, 7) is 3.11. The lowest BCUT2D eigenvalue weighted by atomic mass is 9.91. The maximum absolute atomic E-state index is 13.5.